The molecule has 1 atom stereocenters. The van der Waals surface area contributed by atoms with Crippen LogP contribution in [0.1, 0.15) is 69.1 Å². The average Bonchev–Trinajstić information content (AvgIpc) is 2.27. The Kier molecular flexibility index (Phi) is 4.55. The SMILES string of the molecule is CC(C)c1cc(C(C)C)cc(C(C)CO)c1. The van der Waals surface area contributed by atoms with Crippen LogP contribution in [0.5, 0.6) is 0 Å². The molecule has 1 N–H and O–H groups in total. The molecular weight excluding hydrogens is 196 g/mol. The van der Waals surface area contributed by atoms with E-state index in [0.717, 1.165) is 0 Å². The van der Waals surface area contributed by atoms with Gasteiger partial charge >= 0.3 is 0 Å². The molecule has 0 saturated heterocycles. The monoisotopic (exact) mass is 220 g/mol. The maximum Gasteiger partial charge on any atom is 0.0497 e. The topological polar surface area (TPSA) is 20.2 Å². The van der Waals surface area contributed by atoms with Gasteiger partial charge in [0.15, 0.2) is 0 Å². The van der Waals surface area contributed by atoms with Gasteiger partial charge in [-0.2, -0.15) is 0 Å². The predicted octanol–water partition coefficient (Wildman–Crippen LogP) is 4.03. The molecule has 0 aromatic heterocycles. The Labute approximate surface area is 99.5 Å². The van der Waals surface area contributed by atoms with Crippen LogP contribution in [-0.2, 0) is 0 Å². The molecule has 90 valence electrons. The molecule has 1 unspecified atom stereocenters. The molecule has 1 aromatic rings. The third-order valence-corrected chi connectivity index (χ3v) is 3.18. The molecule has 16 heavy (non-hydrogen) atoms. The number of benzene rings is 1. The highest BCUT2D eigenvalue weighted by atomic mass is 16.3. The van der Waals surface area contributed by atoms with Crippen molar-refractivity contribution in [2.45, 2.75) is 52.4 Å². The lowest BCUT2D eigenvalue weighted by Gasteiger charge is -2.17. The molecule has 0 heterocycles. The third kappa shape index (κ3) is 3.08. The summed E-state index contributed by atoms with van der Waals surface area (Å²) in [6.45, 7) is 11.2. The fourth-order valence-electron chi connectivity index (χ4n) is 1.76. The van der Waals surface area contributed by atoms with E-state index in [1.165, 1.54) is 16.7 Å². The van der Waals surface area contributed by atoms with Crippen molar-refractivity contribution in [2.75, 3.05) is 6.61 Å². The molecule has 1 nitrogen and oxygen atoms in total. The van der Waals surface area contributed by atoms with Crippen LogP contribution in [0.15, 0.2) is 18.2 Å². The summed E-state index contributed by atoms with van der Waals surface area (Å²) in [6.07, 6.45) is 0. The maximum absolute atomic E-state index is 9.25. The summed E-state index contributed by atoms with van der Waals surface area (Å²) in [5, 5.41) is 9.25. The first-order chi connectivity index (χ1) is 7.45. The lowest BCUT2D eigenvalue weighted by atomic mass is 9.89. The highest BCUT2D eigenvalue weighted by Gasteiger charge is 2.10. The molecule has 0 fully saturated rings. The van der Waals surface area contributed by atoms with E-state index < -0.39 is 0 Å². The van der Waals surface area contributed by atoms with Gasteiger partial charge in [-0.1, -0.05) is 52.8 Å². The molecule has 0 aliphatic rings. The summed E-state index contributed by atoms with van der Waals surface area (Å²) in [5.41, 5.74) is 4.01. The van der Waals surface area contributed by atoms with E-state index >= 15 is 0 Å². The minimum Gasteiger partial charge on any atom is -0.396 e. The predicted molar refractivity (Wildman–Crippen MR) is 70.1 cm³/mol. The number of aliphatic hydroxyl groups is 1. The van der Waals surface area contributed by atoms with E-state index in [9.17, 15) is 5.11 Å². The number of aliphatic hydroxyl groups excluding tert-OH is 1. The van der Waals surface area contributed by atoms with Crippen LogP contribution < -0.4 is 0 Å². The van der Waals surface area contributed by atoms with Crippen LogP contribution >= 0.6 is 0 Å². The molecule has 0 bridgehead atoms. The van der Waals surface area contributed by atoms with Crippen LogP contribution in [0.2, 0.25) is 0 Å². The van der Waals surface area contributed by atoms with Gasteiger partial charge in [0.2, 0.25) is 0 Å². The van der Waals surface area contributed by atoms with Crippen LogP contribution in [0, 0.1) is 0 Å². The Morgan fingerprint density at radius 3 is 1.50 bits per heavy atom. The minimum atomic E-state index is 0.221. The van der Waals surface area contributed by atoms with Crippen LogP contribution in [0.4, 0.5) is 0 Å². The van der Waals surface area contributed by atoms with Crippen molar-refractivity contribution in [1.82, 2.24) is 0 Å². The number of hydrogen-bond donors (Lipinski definition) is 1. The number of hydrogen-bond acceptors (Lipinski definition) is 1. The Morgan fingerprint density at radius 2 is 1.19 bits per heavy atom. The van der Waals surface area contributed by atoms with Crippen LogP contribution in [0.25, 0.3) is 0 Å². The molecular formula is C15H24O. The van der Waals surface area contributed by atoms with Gasteiger partial charge in [-0.3, -0.25) is 0 Å². The second kappa shape index (κ2) is 5.49. The lowest BCUT2D eigenvalue weighted by molar-refractivity contribution is 0.273. The van der Waals surface area contributed by atoms with Gasteiger partial charge in [-0.25, -0.2) is 0 Å². The molecule has 0 spiro atoms. The zero-order chi connectivity index (χ0) is 12.3. The largest absolute Gasteiger partial charge is 0.396 e. The van der Waals surface area contributed by atoms with E-state index in [-0.39, 0.29) is 12.5 Å². The van der Waals surface area contributed by atoms with Gasteiger partial charge in [0.25, 0.3) is 0 Å². The summed E-state index contributed by atoms with van der Waals surface area (Å²) in [6, 6.07) is 6.76. The molecule has 0 amide bonds. The normalized spacial score (nSPS) is 13.5. The van der Waals surface area contributed by atoms with E-state index in [0.29, 0.717) is 11.8 Å². The van der Waals surface area contributed by atoms with E-state index in [2.05, 4.69) is 52.8 Å². The van der Waals surface area contributed by atoms with Crippen molar-refractivity contribution in [3.8, 4) is 0 Å². The molecule has 1 heteroatoms. The van der Waals surface area contributed by atoms with E-state index in [1.54, 1.807) is 0 Å². The Bertz CT molecular complexity index is 313. The van der Waals surface area contributed by atoms with Crippen molar-refractivity contribution >= 4 is 0 Å². The Morgan fingerprint density at radius 1 is 0.812 bits per heavy atom. The average molecular weight is 220 g/mol. The van der Waals surface area contributed by atoms with Crippen LogP contribution in [0.3, 0.4) is 0 Å². The van der Waals surface area contributed by atoms with Gasteiger partial charge in [0.1, 0.15) is 0 Å². The first-order valence-electron chi connectivity index (χ1n) is 6.21. The van der Waals surface area contributed by atoms with Crippen molar-refractivity contribution < 1.29 is 5.11 Å². The maximum atomic E-state index is 9.25. The van der Waals surface area contributed by atoms with Crippen LogP contribution in [-0.4, -0.2) is 11.7 Å². The van der Waals surface area contributed by atoms with Gasteiger partial charge < -0.3 is 5.11 Å². The highest BCUT2D eigenvalue weighted by Crippen LogP contribution is 2.26. The van der Waals surface area contributed by atoms with Gasteiger partial charge in [-0.15, -0.1) is 0 Å². The molecule has 0 aliphatic heterocycles. The lowest BCUT2D eigenvalue weighted by Crippen LogP contribution is -2.03. The van der Waals surface area contributed by atoms with Gasteiger partial charge in [0.05, 0.1) is 0 Å². The molecule has 0 radical (unpaired) electrons. The summed E-state index contributed by atoms with van der Waals surface area (Å²) >= 11 is 0. The number of rotatable bonds is 4. The second-order valence-corrected chi connectivity index (χ2v) is 5.33. The van der Waals surface area contributed by atoms with E-state index in [4.69, 9.17) is 0 Å². The second-order valence-electron chi connectivity index (χ2n) is 5.33. The Balaban J connectivity index is 3.18. The molecule has 0 saturated carbocycles. The minimum absolute atomic E-state index is 0.221. The Hall–Kier alpha value is -0.820. The van der Waals surface area contributed by atoms with Crippen molar-refractivity contribution in [3.63, 3.8) is 0 Å². The standard InChI is InChI=1S/C15H24O/c1-10(2)13-6-14(11(3)4)8-15(7-13)12(5)9-16/h6-8,10-12,16H,9H2,1-5H3. The third-order valence-electron chi connectivity index (χ3n) is 3.18. The smallest absolute Gasteiger partial charge is 0.0497 e. The van der Waals surface area contributed by atoms with Crippen molar-refractivity contribution in [2.24, 2.45) is 0 Å². The first-order valence-corrected chi connectivity index (χ1v) is 6.21. The molecule has 0 aliphatic carbocycles. The summed E-state index contributed by atoms with van der Waals surface area (Å²) in [4.78, 5) is 0. The first kappa shape index (κ1) is 13.2. The summed E-state index contributed by atoms with van der Waals surface area (Å²) < 4.78 is 0. The van der Waals surface area contributed by atoms with Crippen molar-refractivity contribution in [3.05, 3.63) is 34.9 Å². The quantitative estimate of drug-likeness (QED) is 0.812. The highest BCUT2D eigenvalue weighted by molar-refractivity contribution is 5.35. The fourth-order valence-corrected chi connectivity index (χ4v) is 1.76. The fraction of sp³-hybridized carbons (Fsp3) is 0.600. The molecule has 1 aromatic carbocycles. The van der Waals surface area contributed by atoms with Gasteiger partial charge in [-0.05, 0) is 28.5 Å². The summed E-state index contributed by atoms with van der Waals surface area (Å²) in [5.74, 6) is 1.32. The van der Waals surface area contributed by atoms with Crippen molar-refractivity contribution in [1.29, 1.82) is 0 Å². The zero-order valence-corrected chi connectivity index (χ0v) is 11.1. The van der Waals surface area contributed by atoms with E-state index in [1.807, 2.05) is 0 Å². The zero-order valence-electron chi connectivity index (χ0n) is 11.1. The summed E-state index contributed by atoms with van der Waals surface area (Å²) in [7, 11) is 0. The van der Waals surface area contributed by atoms with Gasteiger partial charge in [0, 0.05) is 12.5 Å². The molecule has 1 rings (SSSR count).